The number of benzene rings is 2. The van der Waals surface area contributed by atoms with E-state index in [4.69, 9.17) is 4.74 Å². The number of aryl methyl sites for hydroxylation is 1. The van der Waals surface area contributed by atoms with Crippen LogP contribution in [0, 0.1) is 6.92 Å². The lowest BCUT2D eigenvalue weighted by molar-refractivity contribution is -0.122. The summed E-state index contributed by atoms with van der Waals surface area (Å²) in [5, 5.41) is 2.49. The van der Waals surface area contributed by atoms with Crippen molar-refractivity contribution in [2.75, 3.05) is 5.32 Å². The van der Waals surface area contributed by atoms with Crippen molar-refractivity contribution in [3.05, 3.63) is 54.1 Å². The zero-order valence-electron chi connectivity index (χ0n) is 15.6. The van der Waals surface area contributed by atoms with Crippen molar-refractivity contribution in [2.45, 2.75) is 55.8 Å². The Labute approximate surface area is 160 Å². The average molecular weight is 388 g/mol. The molecule has 1 aliphatic rings. The van der Waals surface area contributed by atoms with Gasteiger partial charge in [0.15, 0.2) is 15.9 Å². The predicted molar refractivity (Wildman–Crippen MR) is 106 cm³/mol. The van der Waals surface area contributed by atoms with Crippen molar-refractivity contribution in [3.63, 3.8) is 0 Å². The minimum atomic E-state index is -3.28. The average Bonchev–Trinajstić information content (AvgIpc) is 3.17. The van der Waals surface area contributed by atoms with E-state index in [1.165, 1.54) is 0 Å². The first-order chi connectivity index (χ1) is 12.9. The van der Waals surface area contributed by atoms with Crippen molar-refractivity contribution in [2.24, 2.45) is 0 Å². The molecule has 1 N–H and O–H groups in total. The van der Waals surface area contributed by atoms with E-state index in [2.05, 4.69) is 5.32 Å². The van der Waals surface area contributed by atoms with Crippen LogP contribution in [0.5, 0.6) is 5.75 Å². The van der Waals surface area contributed by atoms with Crippen LogP contribution in [0.15, 0.2) is 53.4 Å². The number of hydrogen-bond acceptors (Lipinski definition) is 4. The Hall–Kier alpha value is -2.34. The van der Waals surface area contributed by atoms with Crippen LogP contribution < -0.4 is 10.1 Å². The second-order valence-corrected chi connectivity index (χ2v) is 9.27. The molecule has 2 aromatic rings. The first kappa shape index (κ1) is 19.4. The highest BCUT2D eigenvalue weighted by Gasteiger charge is 2.30. The number of amides is 1. The van der Waals surface area contributed by atoms with E-state index in [9.17, 15) is 13.2 Å². The summed E-state index contributed by atoms with van der Waals surface area (Å²) >= 11 is 0. The predicted octanol–water partition coefficient (Wildman–Crippen LogP) is 4.12. The van der Waals surface area contributed by atoms with Crippen LogP contribution >= 0.6 is 0 Å². The number of nitrogens with one attached hydrogen (secondary N) is 1. The molecule has 0 spiro atoms. The van der Waals surface area contributed by atoms with Crippen LogP contribution in [0.3, 0.4) is 0 Å². The van der Waals surface area contributed by atoms with Crippen molar-refractivity contribution >= 4 is 21.4 Å². The van der Waals surface area contributed by atoms with Crippen molar-refractivity contribution in [3.8, 4) is 5.75 Å². The van der Waals surface area contributed by atoms with E-state index in [0.29, 0.717) is 16.3 Å². The summed E-state index contributed by atoms with van der Waals surface area (Å²) in [5.41, 5.74) is 1.60. The van der Waals surface area contributed by atoms with Gasteiger partial charge < -0.3 is 10.1 Å². The third-order valence-corrected chi connectivity index (χ3v) is 7.14. The maximum Gasteiger partial charge on any atom is 0.265 e. The molecule has 144 valence electrons. The lowest BCUT2D eigenvalue weighted by Crippen LogP contribution is -2.30. The van der Waals surface area contributed by atoms with E-state index in [-0.39, 0.29) is 11.2 Å². The third-order valence-electron chi connectivity index (χ3n) is 4.86. The molecular formula is C21H25NO4S. The minimum Gasteiger partial charge on any atom is -0.481 e. The van der Waals surface area contributed by atoms with E-state index < -0.39 is 15.9 Å². The normalized spacial score (nSPS) is 16.1. The lowest BCUT2D eigenvalue weighted by Gasteiger charge is -2.16. The summed E-state index contributed by atoms with van der Waals surface area (Å²) in [5.74, 6) is 0.346. The van der Waals surface area contributed by atoms with Gasteiger partial charge in [-0.2, -0.15) is 0 Å². The highest BCUT2D eigenvalue weighted by Crippen LogP contribution is 2.30. The van der Waals surface area contributed by atoms with Gasteiger partial charge in [-0.15, -0.1) is 0 Å². The SMILES string of the molecule is Cc1cccc(OC(C)C(=O)Nc2ccc(S(=O)(=O)C3CCCC3)cc2)c1. The van der Waals surface area contributed by atoms with Gasteiger partial charge in [0.2, 0.25) is 0 Å². The first-order valence-corrected chi connectivity index (χ1v) is 10.8. The van der Waals surface area contributed by atoms with Crippen molar-refractivity contribution in [1.82, 2.24) is 0 Å². The Morgan fingerprint density at radius 3 is 2.41 bits per heavy atom. The molecule has 0 heterocycles. The quantitative estimate of drug-likeness (QED) is 0.809. The molecule has 0 bridgehead atoms. The Balaban J connectivity index is 1.62. The molecule has 1 saturated carbocycles. The first-order valence-electron chi connectivity index (χ1n) is 9.24. The summed E-state index contributed by atoms with van der Waals surface area (Å²) in [6, 6.07) is 13.9. The number of hydrogen-bond donors (Lipinski definition) is 1. The third kappa shape index (κ3) is 4.69. The standard InChI is InChI=1S/C21H25NO4S/c1-15-6-5-7-18(14-15)26-16(2)21(23)22-17-10-12-20(13-11-17)27(24,25)19-8-3-4-9-19/h5-7,10-14,16,19H,3-4,8-9H2,1-2H3,(H,22,23). The molecule has 6 heteroatoms. The second-order valence-electron chi connectivity index (χ2n) is 7.04. The Bertz CT molecular complexity index is 900. The van der Waals surface area contributed by atoms with E-state index in [1.54, 1.807) is 37.3 Å². The maximum atomic E-state index is 12.6. The topological polar surface area (TPSA) is 72.5 Å². The van der Waals surface area contributed by atoms with Gasteiger partial charge in [0.25, 0.3) is 5.91 Å². The van der Waals surface area contributed by atoms with Gasteiger partial charge in [-0.25, -0.2) is 8.42 Å². The summed E-state index contributed by atoms with van der Waals surface area (Å²) in [6.45, 7) is 3.63. The van der Waals surface area contributed by atoms with Gasteiger partial charge in [0.1, 0.15) is 5.75 Å². The zero-order valence-corrected chi connectivity index (χ0v) is 16.5. The van der Waals surface area contributed by atoms with Crippen LogP contribution in [0.25, 0.3) is 0 Å². The van der Waals surface area contributed by atoms with Crippen LogP contribution in [-0.4, -0.2) is 25.7 Å². The number of rotatable bonds is 6. The molecule has 1 amide bonds. The lowest BCUT2D eigenvalue weighted by atomic mass is 10.2. The maximum absolute atomic E-state index is 12.6. The van der Waals surface area contributed by atoms with Crippen LogP contribution in [-0.2, 0) is 14.6 Å². The molecule has 0 aliphatic heterocycles. The van der Waals surface area contributed by atoms with Crippen LogP contribution in [0.4, 0.5) is 5.69 Å². The van der Waals surface area contributed by atoms with E-state index in [0.717, 1.165) is 31.2 Å². The van der Waals surface area contributed by atoms with Crippen LogP contribution in [0.2, 0.25) is 0 Å². The van der Waals surface area contributed by atoms with E-state index in [1.807, 2.05) is 25.1 Å². The van der Waals surface area contributed by atoms with Gasteiger partial charge >= 0.3 is 0 Å². The largest absolute Gasteiger partial charge is 0.481 e. The Kier molecular flexibility index (Phi) is 5.85. The Morgan fingerprint density at radius 1 is 1.11 bits per heavy atom. The molecule has 27 heavy (non-hydrogen) atoms. The number of carbonyl (C=O) groups is 1. The fourth-order valence-electron chi connectivity index (χ4n) is 3.31. The number of ether oxygens (including phenoxy) is 1. The number of carbonyl (C=O) groups excluding carboxylic acids is 1. The summed E-state index contributed by atoms with van der Waals surface area (Å²) < 4.78 is 30.9. The fourth-order valence-corrected chi connectivity index (χ4v) is 5.16. The number of anilines is 1. The summed E-state index contributed by atoms with van der Waals surface area (Å²) in [6.07, 6.45) is 2.73. The molecule has 3 rings (SSSR count). The zero-order chi connectivity index (χ0) is 19.4. The van der Waals surface area contributed by atoms with Gasteiger partial charge in [-0.05, 0) is 68.7 Å². The molecule has 0 aromatic heterocycles. The van der Waals surface area contributed by atoms with Crippen LogP contribution in [0.1, 0.15) is 38.2 Å². The smallest absolute Gasteiger partial charge is 0.265 e. The molecular weight excluding hydrogens is 362 g/mol. The second kappa shape index (κ2) is 8.13. The monoisotopic (exact) mass is 387 g/mol. The minimum absolute atomic E-state index is 0.277. The highest BCUT2D eigenvalue weighted by atomic mass is 32.2. The molecule has 1 fully saturated rings. The van der Waals surface area contributed by atoms with Crippen molar-refractivity contribution in [1.29, 1.82) is 0 Å². The van der Waals surface area contributed by atoms with Gasteiger partial charge in [0.05, 0.1) is 10.1 Å². The highest BCUT2D eigenvalue weighted by molar-refractivity contribution is 7.92. The summed E-state index contributed by atoms with van der Waals surface area (Å²) in [4.78, 5) is 12.7. The fraction of sp³-hybridized carbons (Fsp3) is 0.381. The molecule has 5 nitrogen and oxygen atoms in total. The molecule has 1 aliphatic carbocycles. The van der Waals surface area contributed by atoms with E-state index >= 15 is 0 Å². The molecule has 0 radical (unpaired) electrons. The molecule has 2 aromatic carbocycles. The summed E-state index contributed by atoms with van der Waals surface area (Å²) in [7, 11) is -3.28. The molecule has 1 atom stereocenters. The van der Waals surface area contributed by atoms with Gasteiger partial charge in [-0.1, -0.05) is 25.0 Å². The Morgan fingerprint density at radius 2 is 1.78 bits per heavy atom. The molecule has 0 saturated heterocycles. The van der Waals surface area contributed by atoms with Gasteiger partial charge in [0, 0.05) is 5.69 Å². The van der Waals surface area contributed by atoms with Crippen molar-refractivity contribution < 1.29 is 17.9 Å². The molecule has 1 unspecified atom stereocenters. The number of sulfone groups is 1. The van der Waals surface area contributed by atoms with Gasteiger partial charge in [-0.3, -0.25) is 4.79 Å².